The smallest absolute Gasteiger partial charge is 0.0873 e. The molecule has 0 saturated heterocycles. The van der Waals surface area contributed by atoms with E-state index in [1.807, 2.05) is 0 Å². The second kappa shape index (κ2) is 2.50. The fourth-order valence-corrected chi connectivity index (χ4v) is 3.73. The van der Waals surface area contributed by atoms with Gasteiger partial charge in [0.15, 0.2) is 0 Å². The van der Waals surface area contributed by atoms with Crippen molar-refractivity contribution in [3.8, 4) is 0 Å². The fraction of sp³-hybridized carbons (Fsp3) is 0.667. The van der Waals surface area contributed by atoms with Crippen molar-refractivity contribution in [2.45, 2.75) is 37.9 Å². The van der Waals surface area contributed by atoms with E-state index in [9.17, 15) is 10.2 Å². The van der Waals surface area contributed by atoms with E-state index in [4.69, 9.17) is 0 Å². The molecule has 0 radical (unpaired) electrons. The SMILES string of the molecule is OC1C(O)C23CC=CCC12CC=CC3. The number of aliphatic hydroxyl groups excluding tert-OH is 2. The van der Waals surface area contributed by atoms with Crippen LogP contribution in [0.1, 0.15) is 25.7 Å². The molecule has 0 amide bonds. The molecule has 2 unspecified atom stereocenters. The largest absolute Gasteiger partial charge is 0.390 e. The van der Waals surface area contributed by atoms with Gasteiger partial charge in [0.05, 0.1) is 12.2 Å². The van der Waals surface area contributed by atoms with Crippen molar-refractivity contribution in [2.75, 3.05) is 0 Å². The summed E-state index contributed by atoms with van der Waals surface area (Å²) in [7, 11) is 0. The van der Waals surface area contributed by atoms with Gasteiger partial charge in [-0.05, 0) is 25.7 Å². The predicted octanol–water partition coefficient (Wildman–Crippen LogP) is 1.39. The van der Waals surface area contributed by atoms with E-state index in [0.717, 1.165) is 25.7 Å². The molecule has 3 aliphatic rings. The van der Waals surface area contributed by atoms with Gasteiger partial charge >= 0.3 is 0 Å². The van der Waals surface area contributed by atoms with Crippen LogP contribution in [0, 0.1) is 10.8 Å². The van der Waals surface area contributed by atoms with Crippen LogP contribution in [0.4, 0.5) is 0 Å². The molecule has 2 N–H and O–H groups in total. The molecule has 0 aromatic heterocycles. The van der Waals surface area contributed by atoms with E-state index in [0.29, 0.717) is 0 Å². The van der Waals surface area contributed by atoms with Crippen LogP contribution in [0.3, 0.4) is 0 Å². The molecule has 0 aromatic carbocycles. The summed E-state index contributed by atoms with van der Waals surface area (Å²) in [6.07, 6.45) is 11.3. The summed E-state index contributed by atoms with van der Waals surface area (Å²) in [6, 6.07) is 0. The maximum absolute atomic E-state index is 9.97. The van der Waals surface area contributed by atoms with Crippen molar-refractivity contribution < 1.29 is 10.2 Å². The Morgan fingerprint density at radius 2 is 1.00 bits per heavy atom. The zero-order valence-electron chi connectivity index (χ0n) is 8.19. The molecule has 2 atom stereocenters. The van der Waals surface area contributed by atoms with Gasteiger partial charge < -0.3 is 10.2 Å². The molecule has 1 fully saturated rings. The van der Waals surface area contributed by atoms with Crippen molar-refractivity contribution in [1.82, 2.24) is 0 Å². The Labute approximate surface area is 83.9 Å². The molecule has 3 rings (SSSR count). The molecule has 0 aliphatic heterocycles. The molecule has 2 nitrogen and oxygen atoms in total. The van der Waals surface area contributed by atoms with Crippen LogP contribution in [0.2, 0.25) is 0 Å². The highest BCUT2D eigenvalue weighted by molar-refractivity contribution is 5.29. The topological polar surface area (TPSA) is 40.5 Å². The van der Waals surface area contributed by atoms with E-state index in [1.165, 1.54) is 0 Å². The predicted molar refractivity (Wildman–Crippen MR) is 53.6 cm³/mol. The quantitative estimate of drug-likeness (QED) is 0.569. The van der Waals surface area contributed by atoms with Gasteiger partial charge in [-0.2, -0.15) is 0 Å². The standard InChI is InChI=1S/C12H16O2/c13-9-10(14)12-6-2-1-5-11(9,12)7-3-4-8-12/h1-4,9-10,13-14H,5-8H2. The average molecular weight is 192 g/mol. The molecule has 76 valence electrons. The summed E-state index contributed by atoms with van der Waals surface area (Å²) >= 11 is 0. The van der Waals surface area contributed by atoms with E-state index in [-0.39, 0.29) is 10.8 Å². The fourth-order valence-electron chi connectivity index (χ4n) is 3.73. The van der Waals surface area contributed by atoms with Crippen molar-refractivity contribution in [3.05, 3.63) is 24.3 Å². The Morgan fingerprint density at radius 3 is 1.29 bits per heavy atom. The third-order valence-electron chi connectivity index (χ3n) is 4.68. The van der Waals surface area contributed by atoms with Crippen molar-refractivity contribution >= 4 is 0 Å². The maximum atomic E-state index is 9.97. The van der Waals surface area contributed by atoms with Gasteiger partial charge in [0, 0.05) is 10.8 Å². The normalized spacial score (nSPS) is 54.7. The molecular formula is C12H16O2. The van der Waals surface area contributed by atoms with Crippen LogP contribution >= 0.6 is 0 Å². The summed E-state index contributed by atoms with van der Waals surface area (Å²) in [4.78, 5) is 0. The molecule has 0 spiro atoms. The third-order valence-corrected chi connectivity index (χ3v) is 4.68. The van der Waals surface area contributed by atoms with Crippen LogP contribution in [0.25, 0.3) is 0 Å². The number of hydrogen-bond donors (Lipinski definition) is 2. The molecular weight excluding hydrogens is 176 g/mol. The van der Waals surface area contributed by atoms with Crippen LogP contribution in [-0.2, 0) is 0 Å². The lowest BCUT2D eigenvalue weighted by Crippen LogP contribution is -2.73. The van der Waals surface area contributed by atoms with Crippen molar-refractivity contribution in [2.24, 2.45) is 10.8 Å². The minimum atomic E-state index is -0.516. The lowest BCUT2D eigenvalue weighted by atomic mass is 9.39. The number of hydrogen-bond acceptors (Lipinski definition) is 2. The Morgan fingerprint density at radius 1 is 0.714 bits per heavy atom. The maximum Gasteiger partial charge on any atom is 0.0873 e. The molecule has 2 heteroatoms. The second-order valence-electron chi connectivity index (χ2n) is 4.96. The van der Waals surface area contributed by atoms with E-state index in [2.05, 4.69) is 24.3 Å². The zero-order valence-corrected chi connectivity index (χ0v) is 8.19. The lowest BCUT2D eigenvalue weighted by molar-refractivity contribution is -0.280. The van der Waals surface area contributed by atoms with E-state index in [1.54, 1.807) is 0 Å². The first-order valence-corrected chi connectivity index (χ1v) is 5.39. The first-order valence-electron chi connectivity index (χ1n) is 5.39. The third kappa shape index (κ3) is 0.686. The number of rotatable bonds is 0. The van der Waals surface area contributed by atoms with E-state index < -0.39 is 12.2 Å². The Balaban J connectivity index is 2.08. The van der Waals surface area contributed by atoms with Gasteiger partial charge in [-0.3, -0.25) is 0 Å². The zero-order chi connectivity index (χ0) is 9.81. The van der Waals surface area contributed by atoms with Crippen LogP contribution < -0.4 is 0 Å². The molecule has 14 heavy (non-hydrogen) atoms. The molecule has 0 heterocycles. The summed E-state index contributed by atoms with van der Waals surface area (Å²) in [5, 5.41) is 19.9. The Kier molecular flexibility index (Phi) is 1.55. The number of allylic oxidation sites excluding steroid dienone is 4. The van der Waals surface area contributed by atoms with Crippen molar-refractivity contribution in [3.63, 3.8) is 0 Å². The average Bonchev–Trinajstić information content (AvgIpc) is 2.26. The summed E-state index contributed by atoms with van der Waals surface area (Å²) in [6.45, 7) is 0. The minimum absolute atomic E-state index is 0.0457. The molecule has 1 saturated carbocycles. The van der Waals surface area contributed by atoms with E-state index >= 15 is 0 Å². The first kappa shape index (κ1) is 8.69. The number of aliphatic hydroxyl groups is 2. The summed E-state index contributed by atoms with van der Waals surface area (Å²) in [5.41, 5.74) is -0.0914. The highest BCUT2D eigenvalue weighted by Crippen LogP contribution is 2.67. The minimum Gasteiger partial charge on any atom is -0.390 e. The second-order valence-corrected chi connectivity index (χ2v) is 4.96. The van der Waals surface area contributed by atoms with Gasteiger partial charge in [0.1, 0.15) is 0 Å². The molecule has 0 aromatic rings. The Hall–Kier alpha value is -0.600. The lowest BCUT2D eigenvalue weighted by Gasteiger charge is -2.68. The summed E-state index contributed by atoms with van der Waals surface area (Å²) < 4.78 is 0. The summed E-state index contributed by atoms with van der Waals surface area (Å²) in [5.74, 6) is 0. The van der Waals surface area contributed by atoms with Gasteiger partial charge in [-0.1, -0.05) is 24.3 Å². The Bertz CT molecular complexity index is 268. The van der Waals surface area contributed by atoms with Crippen LogP contribution in [0.5, 0.6) is 0 Å². The van der Waals surface area contributed by atoms with Crippen LogP contribution in [0.15, 0.2) is 24.3 Å². The van der Waals surface area contributed by atoms with Gasteiger partial charge in [0.2, 0.25) is 0 Å². The van der Waals surface area contributed by atoms with Crippen LogP contribution in [-0.4, -0.2) is 22.4 Å². The van der Waals surface area contributed by atoms with Gasteiger partial charge in [-0.25, -0.2) is 0 Å². The highest BCUT2D eigenvalue weighted by Gasteiger charge is 2.70. The molecule has 3 aliphatic carbocycles. The molecule has 0 bridgehead atoms. The van der Waals surface area contributed by atoms with Crippen molar-refractivity contribution in [1.29, 1.82) is 0 Å². The van der Waals surface area contributed by atoms with Gasteiger partial charge in [0.25, 0.3) is 0 Å². The first-order chi connectivity index (χ1) is 6.73. The monoisotopic (exact) mass is 192 g/mol. The highest BCUT2D eigenvalue weighted by atomic mass is 16.3. The van der Waals surface area contributed by atoms with Gasteiger partial charge in [-0.15, -0.1) is 0 Å².